The number of halogens is 1. The van der Waals surface area contributed by atoms with Gasteiger partial charge in [-0.25, -0.2) is 9.78 Å². The van der Waals surface area contributed by atoms with Crippen LogP contribution in [0.25, 0.3) is 11.2 Å². The second-order valence-corrected chi connectivity index (χ2v) is 21.7. The fourth-order valence-corrected chi connectivity index (χ4v) is 13.2. The van der Waals surface area contributed by atoms with E-state index in [1.165, 1.54) is 101 Å². The number of hydrogen-bond acceptors (Lipinski definition) is 9. The predicted molar refractivity (Wildman–Crippen MR) is 240 cm³/mol. The molecule has 4 aromatic rings. The van der Waals surface area contributed by atoms with Crippen LogP contribution in [0.2, 0.25) is 5.04 Å². The molecule has 2 aromatic carbocycles. The zero-order chi connectivity index (χ0) is 42.9. The zero-order valence-corrected chi connectivity index (χ0v) is 37.5. The first-order valence-electron chi connectivity index (χ1n) is 22.4. The van der Waals surface area contributed by atoms with Gasteiger partial charge in [-0.05, 0) is 21.8 Å². The van der Waals surface area contributed by atoms with Crippen LogP contribution >= 0.6 is 0 Å². The Morgan fingerprint density at radius 1 is 0.867 bits per heavy atom. The number of fused-ring (bicyclic) bond motifs is 1. The van der Waals surface area contributed by atoms with Crippen LogP contribution in [-0.2, 0) is 18.6 Å². The van der Waals surface area contributed by atoms with Crippen LogP contribution < -0.4 is 16.1 Å². The molecule has 0 amide bonds. The molecule has 1 aliphatic heterocycles. The van der Waals surface area contributed by atoms with Gasteiger partial charge in [0.2, 0.25) is 0 Å². The number of rotatable bonds is 25. The molecule has 2 N–H and O–H groups in total. The molecule has 2 aromatic heterocycles. The first-order chi connectivity index (χ1) is 29.0. The average molecular weight is 842 g/mol. The molecule has 3 atom stereocenters. The highest BCUT2D eigenvalue weighted by Gasteiger charge is 2.56. The highest BCUT2D eigenvalue weighted by atomic mass is 28.4. The summed E-state index contributed by atoms with van der Waals surface area (Å²) in [6.07, 6.45) is 25.8. The van der Waals surface area contributed by atoms with Gasteiger partial charge in [-0.2, -0.15) is 14.4 Å². The Morgan fingerprint density at radius 3 is 1.88 bits per heavy atom. The van der Waals surface area contributed by atoms with Crippen LogP contribution in [-0.4, -0.2) is 58.9 Å². The Hall–Kier alpha value is -4.31. The summed E-state index contributed by atoms with van der Waals surface area (Å²) in [5.74, 6) is 2.72. The number of nitrogen functional groups attached to an aromatic ring is 1. The van der Waals surface area contributed by atoms with Crippen molar-refractivity contribution in [2.75, 3.05) is 18.9 Å². The summed E-state index contributed by atoms with van der Waals surface area (Å²) in [6, 6.07) is 20.3. The van der Waals surface area contributed by atoms with Crippen molar-refractivity contribution in [3.63, 3.8) is 0 Å². The monoisotopic (exact) mass is 841 g/mol. The fourth-order valence-electron chi connectivity index (χ4n) is 8.58. The van der Waals surface area contributed by atoms with Crippen molar-refractivity contribution in [3.05, 3.63) is 73.1 Å². The minimum absolute atomic E-state index is 0.0967. The Labute approximate surface area is 358 Å². The van der Waals surface area contributed by atoms with E-state index in [2.05, 4.69) is 72.8 Å². The molecular weight excluding hydrogens is 774 g/mol. The van der Waals surface area contributed by atoms with Crippen molar-refractivity contribution in [2.45, 2.75) is 166 Å². The number of nitrogens with zero attached hydrogens (tertiary/aromatic N) is 4. The smallest absolute Gasteiger partial charge is 0.434 e. The third-order valence-corrected chi connectivity index (χ3v) is 16.9. The molecule has 1 fully saturated rings. The van der Waals surface area contributed by atoms with Crippen molar-refractivity contribution < 1.29 is 27.8 Å². The molecule has 1 aliphatic rings. The molecule has 1 saturated heterocycles. The van der Waals surface area contributed by atoms with E-state index in [0.29, 0.717) is 0 Å². The van der Waals surface area contributed by atoms with Crippen molar-refractivity contribution >= 4 is 41.8 Å². The molecule has 60 heavy (non-hydrogen) atoms. The molecule has 0 unspecified atom stereocenters. The Balaban J connectivity index is 1.19. The van der Waals surface area contributed by atoms with Gasteiger partial charge in [0.15, 0.2) is 28.7 Å². The summed E-state index contributed by atoms with van der Waals surface area (Å²) in [5, 5.41) is 1.75. The molecule has 326 valence electrons. The zero-order valence-electron chi connectivity index (χ0n) is 36.5. The van der Waals surface area contributed by atoms with Gasteiger partial charge in [0.1, 0.15) is 6.23 Å². The number of terminal acetylenes is 1. The van der Waals surface area contributed by atoms with Gasteiger partial charge in [-0.15, -0.1) is 6.42 Å². The lowest BCUT2D eigenvalue weighted by atomic mass is 9.99. The Morgan fingerprint density at radius 2 is 1.38 bits per heavy atom. The molecule has 0 spiro atoms. The van der Waals surface area contributed by atoms with Crippen LogP contribution in [0.1, 0.15) is 149 Å². The van der Waals surface area contributed by atoms with Crippen molar-refractivity contribution in [2.24, 2.45) is 0 Å². The SMILES string of the molecule is C#C[C@]1(CO[Si](c2ccccc2)(c2ccccc2)C(C)(C)C)O[C@@H](n2cnc3c(N)nc(F)nc32)C[C@@H]1OC(=O)OCCCCCCCCCCCCCCCCCCC. The maximum atomic E-state index is 14.4. The fraction of sp³-hybridized carbons (Fsp3) is 0.583. The first kappa shape index (κ1) is 46.7. The Bertz CT molecular complexity index is 1890. The topological polar surface area (TPSA) is 124 Å². The van der Waals surface area contributed by atoms with E-state index in [4.69, 9.17) is 30.8 Å². The summed E-state index contributed by atoms with van der Waals surface area (Å²) in [5.41, 5.74) is 4.77. The quantitative estimate of drug-likeness (QED) is 0.0228. The van der Waals surface area contributed by atoms with Crippen LogP contribution in [0.15, 0.2) is 67.0 Å². The predicted octanol–water partition coefficient (Wildman–Crippen LogP) is 10.6. The highest BCUT2D eigenvalue weighted by Crippen LogP contribution is 2.43. The number of unbranched alkanes of at least 4 members (excludes halogenated alkanes) is 16. The molecular formula is C48H68FN5O5Si. The normalized spacial score (nSPS) is 18.1. The summed E-state index contributed by atoms with van der Waals surface area (Å²) < 4.78 is 41.6. The number of hydrogen-bond donors (Lipinski definition) is 1. The maximum Gasteiger partial charge on any atom is 0.508 e. The summed E-state index contributed by atoms with van der Waals surface area (Å²) in [6.45, 7) is 8.90. The second-order valence-electron chi connectivity index (χ2n) is 17.4. The molecule has 12 heteroatoms. The van der Waals surface area contributed by atoms with Gasteiger partial charge >= 0.3 is 12.2 Å². The molecule has 0 aliphatic carbocycles. The number of aromatic nitrogens is 4. The van der Waals surface area contributed by atoms with Gasteiger partial charge in [0.25, 0.3) is 8.32 Å². The van der Waals surface area contributed by atoms with Gasteiger partial charge < -0.3 is 24.4 Å². The largest absolute Gasteiger partial charge is 0.508 e. The number of imidazole rings is 1. The highest BCUT2D eigenvalue weighted by molar-refractivity contribution is 6.99. The number of carbonyl (C=O) groups is 1. The van der Waals surface area contributed by atoms with Crippen LogP contribution in [0.4, 0.5) is 15.0 Å². The molecule has 5 rings (SSSR count). The molecule has 10 nitrogen and oxygen atoms in total. The standard InChI is InChI=1S/C48H68FN5O5Si/c1-6-8-9-10-11-12-13-14-15-16-17-18-19-20-21-22-29-34-56-46(55)58-40-35-41(54-37-51-42-43(50)52-45(49)53-44(42)54)59-48(40,7-2)36-57-60(47(3,4)5,38-30-25-23-26-31-38)39-32-27-24-28-33-39/h2,23-28,30-33,37,40-41H,6,8-22,29,34-36H2,1,3-5H3,(H2,50,52,53)/t40-,41+,48+/m0/s1. The average Bonchev–Trinajstić information content (AvgIpc) is 3.82. The number of ether oxygens (including phenoxy) is 3. The van der Waals surface area contributed by atoms with Crippen LogP contribution in [0.3, 0.4) is 0 Å². The van der Waals surface area contributed by atoms with Crippen LogP contribution in [0.5, 0.6) is 0 Å². The third-order valence-electron chi connectivity index (χ3n) is 11.9. The summed E-state index contributed by atoms with van der Waals surface area (Å²) >= 11 is 0. The van der Waals surface area contributed by atoms with Gasteiger partial charge in [-0.3, -0.25) is 4.57 Å². The van der Waals surface area contributed by atoms with Crippen LogP contribution in [0, 0.1) is 18.4 Å². The number of benzene rings is 2. The van der Waals surface area contributed by atoms with E-state index in [0.717, 1.165) is 29.6 Å². The van der Waals surface area contributed by atoms with Gasteiger partial charge in [0, 0.05) is 6.42 Å². The van der Waals surface area contributed by atoms with Crippen molar-refractivity contribution in [1.29, 1.82) is 0 Å². The van der Waals surface area contributed by atoms with E-state index in [1.807, 2.05) is 36.4 Å². The summed E-state index contributed by atoms with van der Waals surface area (Å²) in [7, 11) is -3.11. The number of nitrogens with two attached hydrogens (primary N) is 1. The molecule has 0 radical (unpaired) electrons. The van der Waals surface area contributed by atoms with Gasteiger partial charge in [0.05, 0.1) is 19.5 Å². The maximum absolute atomic E-state index is 14.4. The molecule has 0 saturated carbocycles. The van der Waals surface area contributed by atoms with Crippen molar-refractivity contribution in [3.8, 4) is 12.3 Å². The summed E-state index contributed by atoms with van der Waals surface area (Å²) in [4.78, 5) is 25.3. The van der Waals surface area contributed by atoms with E-state index in [9.17, 15) is 9.18 Å². The van der Waals surface area contributed by atoms with E-state index in [1.54, 1.807) is 0 Å². The third kappa shape index (κ3) is 12.2. The minimum Gasteiger partial charge on any atom is -0.434 e. The van der Waals surface area contributed by atoms with E-state index < -0.39 is 38.5 Å². The lowest BCUT2D eigenvalue weighted by molar-refractivity contribution is -0.0945. The van der Waals surface area contributed by atoms with E-state index in [-0.39, 0.29) is 41.7 Å². The van der Waals surface area contributed by atoms with Crippen molar-refractivity contribution in [1.82, 2.24) is 19.5 Å². The molecule has 0 bridgehead atoms. The lowest BCUT2D eigenvalue weighted by Gasteiger charge is -2.44. The number of anilines is 1. The van der Waals surface area contributed by atoms with E-state index >= 15 is 0 Å². The Kier molecular flexibility index (Phi) is 18.0. The first-order valence-corrected chi connectivity index (χ1v) is 24.3. The minimum atomic E-state index is -3.11. The number of carbonyl (C=O) groups excluding carboxylic acids is 1. The lowest BCUT2D eigenvalue weighted by Crippen LogP contribution is -2.68. The second kappa shape index (κ2) is 23.1. The van der Waals surface area contributed by atoms with Gasteiger partial charge in [-0.1, -0.05) is 197 Å². The molecule has 3 heterocycles.